The maximum atomic E-state index is 15.0. The van der Waals surface area contributed by atoms with E-state index in [2.05, 4.69) is 20.9 Å². The lowest BCUT2D eigenvalue weighted by atomic mass is 9.85. The second kappa shape index (κ2) is 15.9. The van der Waals surface area contributed by atoms with Crippen LogP contribution in [-0.4, -0.2) is 57.6 Å². The maximum absolute atomic E-state index is 15.0. The van der Waals surface area contributed by atoms with E-state index < -0.39 is 52.8 Å². The highest BCUT2D eigenvalue weighted by atomic mass is 19.4. The van der Waals surface area contributed by atoms with Crippen LogP contribution in [0, 0.1) is 17.6 Å². The molecule has 0 bridgehead atoms. The minimum Gasteiger partial charge on any atom is -0.494 e. The van der Waals surface area contributed by atoms with Crippen LogP contribution in [0.1, 0.15) is 97.9 Å². The fourth-order valence-electron chi connectivity index (χ4n) is 7.80. The molecular formula is C39H39F5N6O6. The van der Waals surface area contributed by atoms with E-state index >= 15 is 0 Å². The van der Waals surface area contributed by atoms with Crippen molar-refractivity contribution in [1.82, 2.24) is 25.4 Å². The Kier molecular flexibility index (Phi) is 10.9. The van der Waals surface area contributed by atoms with Crippen molar-refractivity contribution < 1.29 is 50.6 Å². The number of pyridine rings is 1. The molecule has 7 rings (SSSR count). The molecule has 2 aliphatic carbocycles. The van der Waals surface area contributed by atoms with Crippen LogP contribution in [0.2, 0.25) is 0 Å². The van der Waals surface area contributed by atoms with Crippen molar-refractivity contribution in [2.45, 2.75) is 94.5 Å². The molecular weight excluding hydrogens is 743 g/mol. The smallest absolute Gasteiger partial charge is 0.433 e. The number of halogens is 5. The van der Waals surface area contributed by atoms with Crippen LogP contribution in [0.4, 0.5) is 27.6 Å². The summed E-state index contributed by atoms with van der Waals surface area (Å²) in [6, 6.07) is 8.53. The van der Waals surface area contributed by atoms with Gasteiger partial charge in [0.05, 0.1) is 36.4 Å². The second-order valence-electron chi connectivity index (χ2n) is 14.5. The van der Waals surface area contributed by atoms with Crippen molar-refractivity contribution in [3.63, 3.8) is 0 Å². The zero-order chi connectivity index (χ0) is 39.7. The third kappa shape index (κ3) is 8.45. The Morgan fingerprint density at radius 1 is 0.929 bits per heavy atom. The predicted octanol–water partition coefficient (Wildman–Crippen LogP) is 6.75. The monoisotopic (exact) mass is 782 g/mol. The molecule has 1 atom stereocenters. The molecule has 0 spiro atoms. The Labute approximate surface area is 317 Å². The van der Waals surface area contributed by atoms with E-state index in [1.165, 1.54) is 13.2 Å². The van der Waals surface area contributed by atoms with E-state index in [4.69, 9.17) is 14.6 Å². The average molecular weight is 783 g/mol. The number of nitrogens with one attached hydrogen (secondary N) is 3. The number of ether oxygens (including phenoxy) is 2. The van der Waals surface area contributed by atoms with Crippen molar-refractivity contribution in [3.05, 3.63) is 77.2 Å². The molecule has 3 fully saturated rings. The molecule has 3 heterocycles. The Morgan fingerprint density at radius 3 is 2.30 bits per heavy atom. The molecule has 2 saturated carbocycles. The number of carbonyl (C=O) groups is 4. The lowest BCUT2D eigenvalue weighted by Gasteiger charge is -2.32. The minimum atomic E-state index is -4.70. The third-order valence-electron chi connectivity index (χ3n) is 10.8. The van der Waals surface area contributed by atoms with Crippen molar-refractivity contribution in [2.75, 3.05) is 12.4 Å². The molecule has 2 aromatic carbocycles. The van der Waals surface area contributed by atoms with Crippen molar-refractivity contribution in [3.8, 4) is 11.5 Å². The molecule has 3 N–H and O–H groups in total. The van der Waals surface area contributed by atoms with Gasteiger partial charge in [0, 0.05) is 53.7 Å². The maximum Gasteiger partial charge on any atom is 0.433 e. The highest BCUT2D eigenvalue weighted by molar-refractivity contribution is 6.05. The van der Waals surface area contributed by atoms with E-state index in [0.717, 1.165) is 49.9 Å². The summed E-state index contributed by atoms with van der Waals surface area (Å²) in [4.78, 5) is 53.1. The summed E-state index contributed by atoms with van der Waals surface area (Å²) in [6.45, 7) is 0. The zero-order valence-corrected chi connectivity index (χ0v) is 30.3. The summed E-state index contributed by atoms with van der Waals surface area (Å²) >= 11 is 0. The highest BCUT2D eigenvalue weighted by Crippen LogP contribution is 2.36. The van der Waals surface area contributed by atoms with Crippen molar-refractivity contribution in [2.24, 2.45) is 5.92 Å². The lowest BCUT2D eigenvalue weighted by molar-refractivity contribution is -0.141. The number of anilines is 1. The van der Waals surface area contributed by atoms with Crippen LogP contribution >= 0.6 is 0 Å². The first-order valence-electron chi connectivity index (χ1n) is 18.5. The first-order chi connectivity index (χ1) is 26.7. The van der Waals surface area contributed by atoms with Crippen LogP contribution in [0.15, 0.2) is 48.7 Å². The standard InChI is InChI=1S/C39H39F5N6O6/c1-55-32-18-30-21(15-31(32)47-38(54)29-3-2-4-33(46-29)39(42,43)44)19-50(49-30)23-9-7-22(8-10-23)45-36(52)20-5-11-24(12-6-20)56-25-16-27(40)35(28(41)17-25)26-13-14-34(51)48-37(26)53/h2-4,15-20,22-24,26H,5-14H2,1H3,(H,45,52)(H,47,54)(H,48,51,53). The average Bonchev–Trinajstić information content (AvgIpc) is 3.58. The quantitative estimate of drug-likeness (QED) is 0.125. The number of amides is 4. The molecule has 4 amide bonds. The Morgan fingerprint density at radius 2 is 1.64 bits per heavy atom. The molecule has 56 heavy (non-hydrogen) atoms. The van der Waals surface area contributed by atoms with Crippen LogP contribution < -0.4 is 25.4 Å². The number of fused-ring (bicyclic) bond motifs is 1. The van der Waals surface area contributed by atoms with Crippen molar-refractivity contribution >= 4 is 40.2 Å². The van der Waals surface area contributed by atoms with E-state index in [0.29, 0.717) is 36.6 Å². The largest absolute Gasteiger partial charge is 0.494 e. The van der Waals surface area contributed by atoms with Gasteiger partial charge in [0.15, 0.2) is 0 Å². The van der Waals surface area contributed by atoms with Gasteiger partial charge in [-0.2, -0.15) is 18.3 Å². The molecule has 1 saturated heterocycles. The molecule has 296 valence electrons. The third-order valence-corrected chi connectivity index (χ3v) is 10.8. The first kappa shape index (κ1) is 38.7. The van der Waals surface area contributed by atoms with E-state index in [9.17, 15) is 41.1 Å². The van der Waals surface area contributed by atoms with Gasteiger partial charge in [-0.3, -0.25) is 29.2 Å². The number of hydrogen-bond acceptors (Lipinski definition) is 8. The van der Waals surface area contributed by atoms with Gasteiger partial charge in [-0.25, -0.2) is 13.8 Å². The van der Waals surface area contributed by atoms with Gasteiger partial charge in [-0.05, 0) is 76.0 Å². The van der Waals surface area contributed by atoms with Crippen LogP contribution in [0.25, 0.3) is 10.9 Å². The van der Waals surface area contributed by atoms with E-state index in [1.807, 2.05) is 10.9 Å². The summed E-state index contributed by atoms with van der Waals surface area (Å²) in [6.07, 6.45) is 1.92. The number of alkyl halides is 3. The van der Waals surface area contributed by atoms with Gasteiger partial charge in [-0.1, -0.05) is 6.07 Å². The Bertz CT molecular complexity index is 2140. The molecule has 17 heteroatoms. The fourth-order valence-corrected chi connectivity index (χ4v) is 7.80. The summed E-state index contributed by atoms with van der Waals surface area (Å²) < 4.78 is 82.5. The zero-order valence-electron chi connectivity index (χ0n) is 30.3. The number of benzene rings is 2. The van der Waals surface area contributed by atoms with Gasteiger partial charge >= 0.3 is 6.18 Å². The molecule has 4 aromatic rings. The second-order valence-corrected chi connectivity index (χ2v) is 14.5. The van der Waals surface area contributed by atoms with Crippen molar-refractivity contribution in [1.29, 1.82) is 0 Å². The van der Waals surface area contributed by atoms with Crippen LogP contribution in [-0.2, 0) is 20.6 Å². The fraction of sp³-hybridized carbons (Fsp3) is 0.436. The number of aromatic nitrogens is 3. The SMILES string of the molecule is COc1cc2nn(C3CCC(NC(=O)C4CCC(Oc5cc(F)c(C6CCC(=O)NC6=O)c(F)c5)CC4)CC3)cc2cc1NC(=O)c1cccc(C(F)(F)F)n1. The number of rotatable bonds is 9. The normalized spacial score (nSPS) is 23.0. The number of piperidine rings is 1. The molecule has 1 unspecified atom stereocenters. The number of carbonyl (C=O) groups excluding carboxylic acids is 4. The van der Waals surface area contributed by atoms with Gasteiger partial charge < -0.3 is 20.1 Å². The molecule has 3 aliphatic rings. The minimum absolute atomic E-state index is 0.00281. The first-order valence-corrected chi connectivity index (χ1v) is 18.5. The number of imide groups is 1. The summed E-state index contributed by atoms with van der Waals surface area (Å²) in [5, 5.41) is 13.3. The Balaban J connectivity index is 0.892. The summed E-state index contributed by atoms with van der Waals surface area (Å²) in [5.41, 5.74) is -1.10. The van der Waals surface area contributed by atoms with Gasteiger partial charge in [-0.15, -0.1) is 0 Å². The lowest BCUT2D eigenvalue weighted by Crippen LogP contribution is -2.42. The van der Waals surface area contributed by atoms with Gasteiger partial charge in [0.25, 0.3) is 5.91 Å². The highest BCUT2D eigenvalue weighted by Gasteiger charge is 2.35. The van der Waals surface area contributed by atoms with E-state index in [-0.39, 0.29) is 65.6 Å². The predicted molar refractivity (Wildman–Crippen MR) is 191 cm³/mol. The molecule has 2 aromatic heterocycles. The number of nitrogens with zero attached hydrogens (tertiary/aromatic N) is 3. The number of hydrogen-bond donors (Lipinski definition) is 3. The summed E-state index contributed by atoms with van der Waals surface area (Å²) in [5.74, 6) is -4.93. The topological polar surface area (TPSA) is 154 Å². The van der Waals surface area contributed by atoms with Gasteiger partial charge in [0.2, 0.25) is 17.7 Å². The van der Waals surface area contributed by atoms with Crippen LogP contribution in [0.3, 0.4) is 0 Å². The van der Waals surface area contributed by atoms with Gasteiger partial charge in [0.1, 0.15) is 34.5 Å². The Hall–Kier alpha value is -5.61. The van der Waals surface area contributed by atoms with Crippen LogP contribution in [0.5, 0.6) is 11.5 Å². The molecule has 1 aliphatic heterocycles. The van der Waals surface area contributed by atoms with E-state index in [1.54, 1.807) is 12.1 Å². The summed E-state index contributed by atoms with van der Waals surface area (Å²) in [7, 11) is 1.41. The number of methoxy groups -OCH3 is 1. The molecule has 0 radical (unpaired) electrons. The molecule has 12 nitrogen and oxygen atoms in total.